The molecule has 1 aliphatic rings. The summed E-state index contributed by atoms with van der Waals surface area (Å²) in [5.74, 6) is -0.541. The van der Waals surface area contributed by atoms with Crippen molar-refractivity contribution in [3.63, 3.8) is 0 Å². The van der Waals surface area contributed by atoms with Gasteiger partial charge in [-0.25, -0.2) is 12.8 Å². The molecule has 2 N–H and O–H groups in total. The number of halogens is 1. The van der Waals surface area contributed by atoms with E-state index in [2.05, 4.69) is 10.3 Å². The molecule has 0 bridgehead atoms. The normalized spacial score (nSPS) is 24.1. The first-order valence-electron chi connectivity index (χ1n) is 5.93. The lowest BCUT2D eigenvalue weighted by atomic mass is 9.96. The summed E-state index contributed by atoms with van der Waals surface area (Å²) in [4.78, 5) is -0.0655. The SMILES string of the molecule is O=S(=O)(c1ccc(F)cc1)C1CCCC(=NO)C1=NO. The molecule has 0 aromatic heterocycles. The average molecular weight is 300 g/mol. The molecular weight excluding hydrogens is 287 g/mol. The number of hydrogen-bond acceptors (Lipinski definition) is 6. The van der Waals surface area contributed by atoms with Crippen LogP contribution in [0.25, 0.3) is 0 Å². The molecule has 0 spiro atoms. The molecule has 108 valence electrons. The second kappa shape index (κ2) is 5.58. The highest BCUT2D eigenvalue weighted by Gasteiger charge is 2.37. The standard InChI is InChI=1S/C12H13FN2O4S/c13-8-4-6-9(7-5-8)20(18,19)11-3-1-2-10(14-16)12(11)15-17/h4-7,11,16-17H,1-3H2. The molecule has 1 aromatic carbocycles. The van der Waals surface area contributed by atoms with Gasteiger partial charge in [-0.2, -0.15) is 0 Å². The lowest BCUT2D eigenvalue weighted by Gasteiger charge is -2.23. The van der Waals surface area contributed by atoms with E-state index in [-0.39, 0.29) is 22.7 Å². The fourth-order valence-corrected chi connectivity index (χ4v) is 4.02. The molecule has 1 atom stereocenters. The summed E-state index contributed by atoms with van der Waals surface area (Å²) in [5, 5.41) is 22.7. The van der Waals surface area contributed by atoms with Crippen molar-refractivity contribution in [3.05, 3.63) is 30.1 Å². The zero-order valence-corrected chi connectivity index (χ0v) is 11.2. The van der Waals surface area contributed by atoms with Crippen LogP contribution in [0.4, 0.5) is 4.39 Å². The third kappa shape index (κ3) is 2.51. The molecule has 0 saturated heterocycles. The van der Waals surface area contributed by atoms with Crippen molar-refractivity contribution in [2.24, 2.45) is 10.3 Å². The van der Waals surface area contributed by atoms with Gasteiger partial charge in [0.05, 0.1) is 4.90 Å². The van der Waals surface area contributed by atoms with E-state index in [0.29, 0.717) is 12.8 Å². The Bertz CT molecular complexity index is 653. The quantitative estimate of drug-likeness (QED) is 0.494. The van der Waals surface area contributed by atoms with Crippen LogP contribution < -0.4 is 0 Å². The van der Waals surface area contributed by atoms with Crippen molar-refractivity contribution in [2.75, 3.05) is 0 Å². The summed E-state index contributed by atoms with van der Waals surface area (Å²) in [6.07, 6.45) is 1.08. The molecule has 2 rings (SSSR count). The van der Waals surface area contributed by atoms with Crippen molar-refractivity contribution >= 4 is 21.3 Å². The molecule has 1 saturated carbocycles. The zero-order chi connectivity index (χ0) is 14.8. The Morgan fingerprint density at radius 2 is 1.80 bits per heavy atom. The molecule has 1 unspecified atom stereocenters. The molecule has 6 nitrogen and oxygen atoms in total. The van der Waals surface area contributed by atoms with Gasteiger partial charge >= 0.3 is 0 Å². The maximum Gasteiger partial charge on any atom is 0.187 e. The van der Waals surface area contributed by atoms with Crippen LogP contribution in [0.1, 0.15) is 19.3 Å². The smallest absolute Gasteiger partial charge is 0.187 e. The first-order chi connectivity index (χ1) is 9.50. The van der Waals surface area contributed by atoms with E-state index in [9.17, 15) is 12.8 Å². The Morgan fingerprint density at radius 3 is 2.35 bits per heavy atom. The number of oxime groups is 2. The zero-order valence-electron chi connectivity index (χ0n) is 10.4. The highest BCUT2D eigenvalue weighted by Crippen LogP contribution is 2.26. The minimum absolute atomic E-state index is 0.0504. The maximum atomic E-state index is 12.9. The van der Waals surface area contributed by atoms with Gasteiger partial charge in [0.25, 0.3) is 0 Å². The molecular formula is C12H13FN2O4S. The topological polar surface area (TPSA) is 99.3 Å². The Balaban J connectivity index is 2.45. The molecule has 20 heavy (non-hydrogen) atoms. The molecule has 0 radical (unpaired) electrons. The lowest BCUT2D eigenvalue weighted by Crippen LogP contribution is -2.39. The summed E-state index contributed by atoms with van der Waals surface area (Å²) in [6, 6.07) is 4.41. The van der Waals surface area contributed by atoms with E-state index < -0.39 is 20.9 Å². The summed E-state index contributed by atoms with van der Waals surface area (Å²) < 4.78 is 37.8. The van der Waals surface area contributed by atoms with Gasteiger partial charge in [0.2, 0.25) is 0 Å². The maximum absolute atomic E-state index is 12.9. The van der Waals surface area contributed by atoms with Gasteiger partial charge in [-0.3, -0.25) is 0 Å². The van der Waals surface area contributed by atoms with E-state index in [0.717, 1.165) is 24.3 Å². The van der Waals surface area contributed by atoms with E-state index in [1.165, 1.54) is 0 Å². The minimum atomic E-state index is -3.83. The first-order valence-corrected chi connectivity index (χ1v) is 7.48. The second-order valence-corrected chi connectivity index (χ2v) is 6.54. The van der Waals surface area contributed by atoms with Gasteiger partial charge in [-0.15, -0.1) is 0 Å². The van der Waals surface area contributed by atoms with Crippen molar-refractivity contribution in [1.29, 1.82) is 0 Å². The van der Waals surface area contributed by atoms with Crippen molar-refractivity contribution < 1.29 is 23.2 Å². The van der Waals surface area contributed by atoms with Crippen LogP contribution in [0, 0.1) is 5.82 Å². The number of rotatable bonds is 2. The fourth-order valence-electron chi connectivity index (χ4n) is 2.22. The molecule has 8 heteroatoms. The van der Waals surface area contributed by atoms with Gasteiger partial charge in [0.15, 0.2) is 9.84 Å². The van der Waals surface area contributed by atoms with Gasteiger partial charge in [-0.05, 0) is 43.5 Å². The van der Waals surface area contributed by atoms with Crippen LogP contribution in [0.2, 0.25) is 0 Å². The number of nitrogens with zero attached hydrogens (tertiary/aromatic N) is 2. The van der Waals surface area contributed by atoms with Gasteiger partial charge in [0, 0.05) is 0 Å². The van der Waals surface area contributed by atoms with Crippen LogP contribution in [-0.4, -0.2) is 35.5 Å². The molecule has 1 fully saturated rings. The lowest BCUT2D eigenvalue weighted by molar-refractivity contribution is 0.310. The van der Waals surface area contributed by atoms with Gasteiger partial charge in [-0.1, -0.05) is 10.3 Å². The predicted octanol–water partition coefficient (Wildman–Crippen LogP) is 1.81. The first kappa shape index (κ1) is 14.4. The number of sulfone groups is 1. The Labute approximate surface area is 115 Å². The van der Waals surface area contributed by atoms with E-state index in [1.54, 1.807) is 0 Å². The van der Waals surface area contributed by atoms with Gasteiger partial charge in [0.1, 0.15) is 22.5 Å². The average Bonchev–Trinajstić information content (AvgIpc) is 2.46. The predicted molar refractivity (Wildman–Crippen MR) is 69.7 cm³/mol. The molecule has 0 heterocycles. The van der Waals surface area contributed by atoms with Crippen molar-refractivity contribution in [3.8, 4) is 0 Å². The monoisotopic (exact) mass is 300 g/mol. The largest absolute Gasteiger partial charge is 0.411 e. The second-order valence-electron chi connectivity index (χ2n) is 4.41. The molecule has 0 aliphatic heterocycles. The summed E-state index contributed by atoms with van der Waals surface area (Å²) in [7, 11) is -3.83. The number of hydrogen-bond donors (Lipinski definition) is 2. The van der Waals surface area contributed by atoms with E-state index >= 15 is 0 Å². The van der Waals surface area contributed by atoms with E-state index in [1.807, 2.05) is 0 Å². The Kier molecular flexibility index (Phi) is 4.03. The van der Waals surface area contributed by atoms with Crippen molar-refractivity contribution in [1.82, 2.24) is 0 Å². The highest BCUT2D eigenvalue weighted by atomic mass is 32.2. The Hall–Kier alpha value is -1.96. The molecule has 0 amide bonds. The fraction of sp³-hybridized carbons (Fsp3) is 0.333. The summed E-state index contributed by atoms with van der Waals surface area (Å²) >= 11 is 0. The van der Waals surface area contributed by atoms with Crippen LogP contribution in [0.15, 0.2) is 39.5 Å². The van der Waals surface area contributed by atoms with Crippen LogP contribution in [0.5, 0.6) is 0 Å². The third-order valence-corrected chi connectivity index (χ3v) is 5.36. The minimum Gasteiger partial charge on any atom is -0.411 e. The third-order valence-electron chi connectivity index (χ3n) is 3.23. The van der Waals surface area contributed by atoms with Gasteiger partial charge < -0.3 is 10.4 Å². The summed E-state index contributed by atoms with van der Waals surface area (Å²) in [5.41, 5.74) is -0.113. The molecule has 1 aromatic rings. The number of benzene rings is 1. The van der Waals surface area contributed by atoms with Crippen LogP contribution in [-0.2, 0) is 9.84 Å². The molecule has 1 aliphatic carbocycles. The summed E-state index contributed by atoms with van der Waals surface area (Å²) in [6.45, 7) is 0. The van der Waals surface area contributed by atoms with Crippen LogP contribution >= 0.6 is 0 Å². The highest BCUT2D eigenvalue weighted by molar-refractivity contribution is 7.93. The van der Waals surface area contributed by atoms with Crippen LogP contribution in [0.3, 0.4) is 0 Å². The Morgan fingerprint density at radius 1 is 1.15 bits per heavy atom. The van der Waals surface area contributed by atoms with Crippen molar-refractivity contribution in [2.45, 2.75) is 29.4 Å². The van der Waals surface area contributed by atoms with E-state index in [4.69, 9.17) is 10.4 Å².